The normalized spacial score (nSPS) is 17.2. The standard InChI is InChI=1S/C20H45O3SSi2/c1-12-15-21-26(22-16-13-2,17-18(4,5)6)23-20(14-3,19(7,8)9)24(10,11)25/h12-17H2,1-11H3. The molecule has 26 heavy (non-hydrogen) atoms. The molecule has 1 atom stereocenters. The molecule has 1 unspecified atom stereocenters. The van der Waals surface area contributed by atoms with E-state index in [4.69, 9.17) is 13.3 Å². The van der Waals surface area contributed by atoms with Crippen LogP contribution >= 0.6 is 9.48 Å². The van der Waals surface area contributed by atoms with Crippen LogP contribution in [0.5, 0.6) is 0 Å². The van der Waals surface area contributed by atoms with Crippen LogP contribution in [-0.4, -0.2) is 48.9 Å². The molecule has 0 saturated heterocycles. The molecular weight excluding hydrogens is 376 g/mol. The van der Waals surface area contributed by atoms with Crippen LogP contribution in [0.4, 0.5) is 0 Å². The molecule has 0 fully saturated rings. The van der Waals surface area contributed by atoms with Crippen molar-refractivity contribution in [2.75, 3.05) is 25.7 Å². The first kappa shape index (κ1) is 26.7. The monoisotopic (exact) mass is 421 g/mol. The average molecular weight is 422 g/mol. The molecule has 0 heterocycles. The van der Waals surface area contributed by atoms with Crippen molar-refractivity contribution in [3.63, 3.8) is 0 Å². The summed E-state index contributed by atoms with van der Waals surface area (Å²) >= 11 is 0. The van der Waals surface area contributed by atoms with Gasteiger partial charge in [-0.2, -0.15) is 0 Å². The second-order valence-electron chi connectivity index (χ2n) is 9.90. The van der Waals surface area contributed by atoms with Gasteiger partial charge in [0.05, 0.1) is 14.3 Å². The summed E-state index contributed by atoms with van der Waals surface area (Å²) in [6.07, 6.45) is 7.43. The molecule has 0 N–H and O–H groups in total. The van der Waals surface area contributed by atoms with Gasteiger partial charge in [-0.05, 0) is 42.6 Å². The van der Waals surface area contributed by atoms with Gasteiger partial charge in [0.25, 0.3) is 0 Å². The Balaban J connectivity index is 6.25. The second-order valence-corrected chi connectivity index (χ2v) is 18.8. The third-order valence-corrected chi connectivity index (χ3v) is 11.8. The molecule has 0 aromatic rings. The van der Waals surface area contributed by atoms with Gasteiger partial charge >= 0.3 is 8.80 Å². The molecule has 0 rings (SSSR count). The lowest BCUT2D eigenvalue weighted by Crippen LogP contribution is -2.60. The Kier molecular flexibility index (Phi) is 10.2. The molecular formula is C20H45O3SSi2. The van der Waals surface area contributed by atoms with Gasteiger partial charge in [0.1, 0.15) is 0 Å². The zero-order chi connectivity index (χ0) is 20.9. The molecule has 3 nitrogen and oxygen atoms in total. The molecule has 0 saturated carbocycles. The molecule has 0 spiro atoms. The van der Waals surface area contributed by atoms with Gasteiger partial charge in [-0.1, -0.05) is 62.3 Å². The highest BCUT2D eigenvalue weighted by Gasteiger charge is 2.57. The van der Waals surface area contributed by atoms with Crippen molar-refractivity contribution >= 4 is 27.7 Å². The molecule has 0 aliphatic carbocycles. The van der Waals surface area contributed by atoms with Gasteiger partial charge in [0.15, 0.2) is 0 Å². The Morgan fingerprint density at radius 3 is 1.50 bits per heavy atom. The summed E-state index contributed by atoms with van der Waals surface area (Å²) in [6, 6.07) is 0.833. The van der Waals surface area contributed by atoms with Crippen LogP contribution in [0, 0.1) is 10.8 Å². The minimum Gasteiger partial charge on any atom is -0.373 e. The van der Waals surface area contributed by atoms with Crippen molar-refractivity contribution in [2.24, 2.45) is 10.8 Å². The molecule has 157 valence electrons. The van der Waals surface area contributed by atoms with Crippen molar-refractivity contribution in [1.29, 1.82) is 0 Å². The van der Waals surface area contributed by atoms with Crippen LogP contribution in [-0.2, 0) is 13.3 Å². The largest absolute Gasteiger partial charge is 0.502 e. The van der Waals surface area contributed by atoms with Gasteiger partial charge in [-0.3, -0.25) is 0 Å². The van der Waals surface area contributed by atoms with E-state index in [2.05, 4.69) is 84.2 Å². The Bertz CT molecular complexity index is 387. The molecule has 6 heteroatoms. The number of hydrogen-bond donors (Lipinski definition) is 0. The zero-order valence-electron chi connectivity index (χ0n) is 19.4. The molecule has 0 amide bonds. The van der Waals surface area contributed by atoms with Crippen LogP contribution in [0.25, 0.3) is 0 Å². The summed E-state index contributed by atoms with van der Waals surface area (Å²) < 4.78 is 20.1. The lowest BCUT2D eigenvalue weighted by molar-refractivity contribution is -0.0426. The lowest BCUT2D eigenvalue weighted by atomic mass is 9.87. The topological polar surface area (TPSA) is 27.7 Å². The number of rotatable bonds is 11. The van der Waals surface area contributed by atoms with E-state index in [9.17, 15) is 0 Å². The Morgan fingerprint density at radius 1 is 0.846 bits per heavy atom. The predicted octanol–water partition coefficient (Wildman–Crippen LogP) is 6.14. The van der Waals surface area contributed by atoms with Gasteiger partial charge < -0.3 is 13.3 Å². The predicted molar refractivity (Wildman–Crippen MR) is 121 cm³/mol. The smallest absolute Gasteiger partial charge is 0.373 e. The van der Waals surface area contributed by atoms with Crippen LogP contribution in [0.2, 0.25) is 6.04 Å². The van der Waals surface area contributed by atoms with E-state index < -0.39 is 18.3 Å². The highest BCUT2D eigenvalue weighted by atomic mass is 32.4. The van der Waals surface area contributed by atoms with Crippen LogP contribution < -0.4 is 0 Å². The fourth-order valence-electron chi connectivity index (χ4n) is 3.64. The summed E-state index contributed by atoms with van der Waals surface area (Å²) in [5, 5.41) is 0. The summed E-state index contributed by atoms with van der Waals surface area (Å²) in [5.74, 6) is 0. The van der Waals surface area contributed by atoms with Gasteiger partial charge in [0.2, 0.25) is 0 Å². The van der Waals surface area contributed by atoms with Gasteiger partial charge in [-0.25, -0.2) is 9.48 Å². The van der Waals surface area contributed by atoms with Crippen LogP contribution in [0.15, 0.2) is 0 Å². The van der Waals surface area contributed by atoms with Crippen molar-refractivity contribution in [3.05, 3.63) is 0 Å². The lowest BCUT2D eigenvalue weighted by Gasteiger charge is -2.58. The van der Waals surface area contributed by atoms with E-state index in [1.165, 1.54) is 0 Å². The summed E-state index contributed by atoms with van der Waals surface area (Å²) in [5.41, 5.74) is 0.0416. The SMILES string of the molecule is CCCO[Si](CC(C)(C)C)(OCCC)OC(CC)(C(C)(C)C)S(C)(C)[Si]. The molecule has 0 aromatic carbocycles. The van der Waals surface area contributed by atoms with Crippen molar-refractivity contribution < 1.29 is 13.3 Å². The molecule has 0 aliphatic heterocycles. The fraction of sp³-hybridized carbons (Fsp3) is 1.00. The van der Waals surface area contributed by atoms with E-state index in [1.54, 1.807) is 0 Å². The fourth-order valence-corrected chi connectivity index (χ4v) is 12.6. The van der Waals surface area contributed by atoms with E-state index in [0.29, 0.717) is 13.2 Å². The van der Waals surface area contributed by atoms with E-state index >= 15 is 0 Å². The first-order valence-corrected chi connectivity index (χ1v) is 15.7. The molecule has 0 bridgehead atoms. The van der Waals surface area contributed by atoms with Crippen molar-refractivity contribution in [1.82, 2.24) is 0 Å². The Labute approximate surface area is 170 Å². The maximum atomic E-state index is 7.17. The minimum absolute atomic E-state index is 0.0381. The third-order valence-electron chi connectivity index (χ3n) is 4.55. The third kappa shape index (κ3) is 7.24. The van der Waals surface area contributed by atoms with E-state index in [-0.39, 0.29) is 15.8 Å². The molecule has 0 aromatic heterocycles. The van der Waals surface area contributed by atoms with Crippen molar-refractivity contribution in [3.8, 4) is 0 Å². The highest BCUT2D eigenvalue weighted by Crippen LogP contribution is 2.61. The quantitative estimate of drug-likeness (QED) is 0.375. The van der Waals surface area contributed by atoms with E-state index in [0.717, 1.165) is 25.3 Å². The summed E-state index contributed by atoms with van der Waals surface area (Å²) in [6.45, 7) is 21.5. The number of hydrogen-bond acceptors (Lipinski definition) is 3. The Morgan fingerprint density at radius 2 is 1.27 bits per heavy atom. The zero-order valence-corrected chi connectivity index (χ0v) is 22.2. The molecule has 3 radical (unpaired) electrons. The first-order valence-electron chi connectivity index (χ1n) is 10.1. The van der Waals surface area contributed by atoms with E-state index in [1.807, 2.05) is 0 Å². The Hall–Kier alpha value is 0.664. The summed E-state index contributed by atoms with van der Waals surface area (Å²) in [7, 11) is 0.0237. The van der Waals surface area contributed by atoms with Gasteiger partial charge in [-0.15, -0.1) is 0 Å². The average Bonchev–Trinajstić information content (AvgIpc) is 2.44. The highest BCUT2D eigenvalue weighted by molar-refractivity contribution is 8.50. The minimum atomic E-state index is -2.86. The maximum absolute atomic E-state index is 7.17. The first-order chi connectivity index (χ1) is 11.6. The van der Waals surface area contributed by atoms with Crippen LogP contribution in [0.3, 0.4) is 0 Å². The maximum Gasteiger partial charge on any atom is 0.502 e. The van der Waals surface area contributed by atoms with Crippen molar-refractivity contribution in [2.45, 2.75) is 92.6 Å². The molecule has 0 aliphatic rings. The summed E-state index contributed by atoms with van der Waals surface area (Å²) in [4.78, 5) is -0.324. The van der Waals surface area contributed by atoms with Crippen LogP contribution in [0.1, 0.15) is 81.6 Å². The van der Waals surface area contributed by atoms with Gasteiger partial charge in [0, 0.05) is 19.3 Å². The second kappa shape index (κ2) is 9.92.